The van der Waals surface area contributed by atoms with Crippen molar-refractivity contribution in [2.45, 2.75) is 13.3 Å². The van der Waals surface area contributed by atoms with E-state index in [1.54, 1.807) is 0 Å². The van der Waals surface area contributed by atoms with Gasteiger partial charge in [0.25, 0.3) is 0 Å². The molecule has 0 aromatic rings. The highest BCUT2D eigenvalue weighted by molar-refractivity contribution is 7.99. The van der Waals surface area contributed by atoms with E-state index in [1.807, 2.05) is 11.8 Å². The standard InChI is InChI=1S/C9H16OS/c1-8(2)6-11-7-9-3-4-10-5-9/h9H,1,3-7H2,2H3. The molecule has 1 atom stereocenters. The van der Waals surface area contributed by atoms with E-state index in [0.717, 1.165) is 24.9 Å². The second-order valence-electron chi connectivity index (χ2n) is 3.20. The van der Waals surface area contributed by atoms with Gasteiger partial charge < -0.3 is 4.74 Å². The quantitative estimate of drug-likeness (QED) is 0.602. The molecule has 1 aliphatic rings. The molecule has 0 aromatic carbocycles. The van der Waals surface area contributed by atoms with Crippen molar-refractivity contribution >= 4 is 11.8 Å². The summed E-state index contributed by atoms with van der Waals surface area (Å²) in [6.45, 7) is 7.89. The molecule has 0 bridgehead atoms. The molecule has 11 heavy (non-hydrogen) atoms. The summed E-state index contributed by atoms with van der Waals surface area (Å²) in [6.07, 6.45) is 1.25. The summed E-state index contributed by atoms with van der Waals surface area (Å²) in [5.41, 5.74) is 1.27. The van der Waals surface area contributed by atoms with Crippen molar-refractivity contribution in [3.05, 3.63) is 12.2 Å². The first-order chi connectivity index (χ1) is 5.29. The maximum absolute atomic E-state index is 5.28. The van der Waals surface area contributed by atoms with Crippen LogP contribution in [-0.4, -0.2) is 24.7 Å². The van der Waals surface area contributed by atoms with Gasteiger partial charge in [0, 0.05) is 12.4 Å². The van der Waals surface area contributed by atoms with E-state index in [4.69, 9.17) is 4.74 Å². The van der Waals surface area contributed by atoms with E-state index >= 15 is 0 Å². The molecule has 0 radical (unpaired) electrons. The molecule has 1 nitrogen and oxygen atoms in total. The van der Waals surface area contributed by atoms with Gasteiger partial charge in [-0.05, 0) is 25.0 Å². The van der Waals surface area contributed by atoms with Crippen LogP contribution in [0.1, 0.15) is 13.3 Å². The van der Waals surface area contributed by atoms with Gasteiger partial charge in [-0.25, -0.2) is 0 Å². The third-order valence-electron chi connectivity index (χ3n) is 1.73. The van der Waals surface area contributed by atoms with Crippen LogP contribution >= 0.6 is 11.8 Å². The molecule has 1 heterocycles. The molecular weight excluding hydrogens is 156 g/mol. The molecule has 1 fully saturated rings. The van der Waals surface area contributed by atoms with Crippen molar-refractivity contribution in [1.29, 1.82) is 0 Å². The summed E-state index contributed by atoms with van der Waals surface area (Å²) < 4.78 is 5.28. The molecule has 2 heteroatoms. The van der Waals surface area contributed by atoms with Crippen LogP contribution in [0.5, 0.6) is 0 Å². The fourth-order valence-electron chi connectivity index (χ4n) is 1.11. The Kier molecular flexibility index (Phi) is 4.02. The van der Waals surface area contributed by atoms with Gasteiger partial charge >= 0.3 is 0 Å². The van der Waals surface area contributed by atoms with Crippen molar-refractivity contribution in [1.82, 2.24) is 0 Å². The minimum absolute atomic E-state index is 0.805. The average Bonchev–Trinajstić information content (AvgIpc) is 2.39. The van der Waals surface area contributed by atoms with E-state index < -0.39 is 0 Å². The van der Waals surface area contributed by atoms with Crippen molar-refractivity contribution in [2.24, 2.45) is 5.92 Å². The molecule has 1 rings (SSSR count). The summed E-state index contributed by atoms with van der Waals surface area (Å²) in [7, 11) is 0. The highest BCUT2D eigenvalue weighted by Crippen LogP contribution is 2.18. The normalized spacial score (nSPS) is 23.9. The lowest BCUT2D eigenvalue weighted by molar-refractivity contribution is 0.189. The molecule has 0 aliphatic carbocycles. The molecule has 0 spiro atoms. The molecular formula is C9H16OS. The Hall–Kier alpha value is 0.0500. The monoisotopic (exact) mass is 172 g/mol. The van der Waals surface area contributed by atoms with Gasteiger partial charge in [-0.2, -0.15) is 11.8 Å². The fraction of sp³-hybridized carbons (Fsp3) is 0.778. The molecule has 0 aromatic heterocycles. The summed E-state index contributed by atoms with van der Waals surface area (Å²) >= 11 is 1.98. The van der Waals surface area contributed by atoms with Crippen LogP contribution in [0.15, 0.2) is 12.2 Å². The van der Waals surface area contributed by atoms with Crippen molar-refractivity contribution in [3.8, 4) is 0 Å². The van der Waals surface area contributed by atoms with E-state index in [0.29, 0.717) is 0 Å². The zero-order valence-corrected chi connectivity index (χ0v) is 7.95. The molecule has 1 aliphatic heterocycles. The molecule has 1 unspecified atom stereocenters. The first-order valence-corrected chi connectivity index (χ1v) is 5.24. The fourth-order valence-corrected chi connectivity index (χ4v) is 2.18. The van der Waals surface area contributed by atoms with Crippen LogP contribution in [0, 0.1) is 5.92 Å². The maximum atomic E-state index is 5.28. The lowest BCUT2D eigenvalue weighted by Crippen LogP contribution is -2.02. The second kappa shape index (κ2) is 4.83. The van der Waals surface area contributed by atoms with Crippen LogP contribution < -0.4 is 0 Å². The molecule has 0 amide bonds. The van der Waals surface area contributed by atoms with Gasteiger partial charge in [0.05, 0.1) is 6.61 Å². The smallest absolute Gasteiger partial charge is 0.0503 e. The van der Waals surface area contributed by atoms with E-state index in [1.165, 1.54) is 17.7 Å². The first kappa shape index (κ1) is 9.14. The van der Waals surface area contributed by atoms with Gasteiger partial charge in [0.1, 0.15) is 0 Å². The third-order valence-corrected chi connectivity index (χ3v) is 3.13. The Bertz CT molecular complexity index is 128. The first-order valence-electron chi connectivity index (χ1n) is 4.09. The zero-order valence-electron chi connectivity index (χ0n) is 7.14. The Morgan fingerprint density at radius 2 is 2.55 bits per heavy atom. The lowest BCUT2D eigenvalue weighted by atomic mass is 10.2. The van der Waals surface area contributed by atoms with E-state index in [-0.39, 0.29) is 0 Å². The van der Waals surface area contributed by atoms with Crippen molar-refractivity contribution in [3.63, 3.8) is 0 Å². The van der Waals surface area contributed by atoms with Crippen LogP contribution in [0.3, 0.4) is 0 Å². The minimum Gasteiger partial charge on any atom is -0.381 e. The topological polar surface area (TPSA) is 9.23 Å². The van der Waals surface area contributed by atoms with Gasteiger partial charge in [-0.15, -0.1) is 0 Å². The summed E-state index contributed by atoms with van der Waals surface area (Å²) in [5.74, 6) is 3.16. The van der Waals surface area contributed by atoms with Crippen LogP contribution in [0.2, 0.25) is 0 Å². The van der Waals surface area contributed by atoms with Crippen LogP contribution in [0.25, 0.3) is 0 Å². The highest BCUT2D eigenvalue weighted by atomic mass is 32.2. The second-order valence-corrected chi connectivity index (χ2v) is 4.23. The number of ether oxygens (including phenoxy) is 1. The van der Waals surface area contributed by atoms with Crippen molar-refractivity contribution in [2.75, 3.05) is 24.7 Å². The average molecular weight is 172 g/mol. The highest BCUT2D eigenvalue weighted by Gasteiger charge is 2.14. The molecule has 0 saturated carbocycles. The van der Waals surface area contributed by atoms with Crippen LogP contribution in [-0.2, 0) is 4.74 Å². The number of hydrogen-bond acceptors (Lipinski definition) is 2. The van der Waals surface area contributed by atoms with E-state index in [2.05, 4.69) is 13.5 Å². The van der Waals surface area contributed by atoms with E-state index in [9.17, 15) is 0 Å². The minimum atomic E-state index is 0.805. The number of thioether (sulfide) groups is 1. The lowest BCUT2D eigenvalue weighted by Gasteiger charge is -2.05. The molecule has 64 valence electrons. The largest absolute Gasteiger partial charge is 0.381 e. The number of hydrogen-bond donors (Lipinski definition) is 0. The third kappa shape index (κ3) is 3.82. The van der Waals surface area contributed by atoms with Gasteiger partial charge in [-0.3, -0.25) is 0 Å². The Balaban J connectivity index is 1.98. The molecule has 1 saturated heterocycles. The Labute approximate surface area is 73.2 Å². The van der Waals surface area contributed by atoms with Gasteiger partial charge in [0.15, 0.2) is 0 Å². The zero-order chi connectivity index (χ0) is 8.10. The van der Waals surface area contributed by atoms with Gasteiger partial charge in [-0.1, -0.05) is 12.2 Å². The Morgan fingerprint density at radius 1 is 1.73 bits per heavy atom. The predicted octanol–water partition coefficient (Wildman–Crippen LogP) is 2.33. The SMILES string of the molecule is C=C(C)CSCC1CCOC1. The summed E-state index contributed by atoms with van der Waals surface area (Å²) in [6, 6.07) is 0. The summed E-state index contributed by atoms with van der Waals surface area (Å²) in [4.78, 5) is 0. The summed E-state index contributed by atoms with van der Waals surface area (Å²) in [5, 5.41) is 0. The van der Waals surface area contributed by atoms with Gasteiger partial charge in [0.2, 0.25) is 0 Å². The van der Waals surface area contributed by atoms with Crippen molar-refractivity contribution < 1.29 is 4.74 Å². The predicted molar refractivity (Wildman–Crippen MR) is 51.1 cm³/mol. The molecule has 0 N–H and O–H groups in total. The number of rotatable bonds is 4. The Morgan fingerprint density at radius 3 is 3.09 bits per heavy atom. The van der Waals surface area contributed by atoms with Crippen LogP contribution in [0.4, 0.5) is 0 Å². The maximum Gasteiger partial charge on any atom is 0.0503 e.